The van der Waals surface area contributed by atoms with E-state index in [-0.39, 0.29) is 12.0 Å². The number of nitrogens with zero attached hydrogens (tertiary/aromatic N) is 4. The molecule has 1 aromatic carbocycles. The smallest absolute Gasteiger partial charge is 0.306 e. The largest absolute Gasteiger partial charge is 0.489 e. The summed E-state index contributed by atoms with van der Waals surface area (Å²) in [4.78, 5) is 20.4. The Morgan fingerprint density at radius 1 is 1.23 bits per heavy atom. The zero-order valence-corrected chi connectivity index (χ0v) is 20.0. The summed E-state index contributed by atoms with van der Waals surface area (Å²) in [6, 6.07) is 13.5. The molecule has 0 amide bonds. The van der Waals surface area contributed by atoms with E-state index in [0.717, 1.165) is 29.7 Å². The molecule has 35 heavy (non-hydrogen) atoms. The van der Waals surface area contributed by atoms with E-state index in [1.807, 2.05) is 49.4 Å². The summed E-state index contributed by atoms with van der Waals surface area (Å²) >= 11 is 1.30. The van der Waals surface area contributed by atoms with Crippen LogP contribution in [0.3, 0.4) is 0 Å². The number of aromatic nitrogens is 4. The number of carboxylic acids is 1. The summed E-state index contributed by atoms with van der Waals surface area (Å²) in [5, 5.41) is 17.4. The van der Waals surface area contributed by atoms with Gasteiger partial charge in [-0.15, -0.1) is 0 Å². The molecule has 0 aliphatic heterocycles. The van der Waals surface area contributed by atoms with Crippen LogP contribution in [-0.4, -0.2) is 36.7 Å². The molecule has 0 radical (unpaired) electrons. The van der Waals surface area contributed by atoms with Crippen molar-refractivity contribution in [3.05, 3.63) is 59.9 Å². The summed E-state index contributed by atoms with van der Waals surface area (Å²) in [5.41, 5.74) is 3.27. The summed E-state index contributed by atoms with van der Waals surface area (Å²) < 4.78 is 16.0. The molecule has 3 aromatic heterocycles. The van der Waals surface area contributed by atoms with Crippen molar-refractivity contribution in [2.75, 3.05) is 5.32 Å². The number of nitrogens with one attached hydrogen (secondary N) is 1. The molecular weight excluding hydrogens is 466 g/mol. The summed E-state index contributed by atoms with van der Waals surface area (Å²) in [5.74, 6) is 0.787. The number of hydrogen-bond donors (Lipinski definition) is 2. The third-order valence-electron chi connectivity index (χ3n) is 6.11. The average Bonchev–Trinajstić information content (AvgIpc) is 3.50. The van der Waals surface area contributed by atoms with Crippen LogP contribution in [0.1, 0.15) is 36.9 Å². The van der Waals surface area contributed by atoms with Gasteiger partial charge >= 0.3 is 5.97 Å². The summed E-state index contributed by atoms with van der Waals surface area (Å²) in [6.45, 7) is 2.35. The van der Waals surface area contributed by atoms with Crippen molar-refractivity contribution in [2.24, 2.45) is 5.92 Å². The van der Waals surface area contributed by atoms with Gasteiger partial charge in [0.2, 0.25) is 5.13 Å². The Hall–Kier alpha value is -3.79. The zero-order chi connectivity index (χ0) is 24.2. The predicted molar refractivity (Wildman–Crippen MR) is 131 cm³/mol. The van der Waals surface area contributed by atoms with E-state index in [2.05, 4.69) is 24.8 Å². The SMILES string of the molecule is Cc1noc(-c2ccc(O[C@H]3CCC[C@H](C(=O)O)C3)cn2)c1CNc1nc(-c2ccccc2)ns1. The molecule has 3 heterocycles. The number of aliphatic carboxylic acids is 1. The number of carbonyl (C=O) groups is 1. The van der Waals surface area contributed by atoms with Gasteiger partial charge in [0.15, 0.2) is 11.6 Å². The molecule has 0 bridgehead atoms. The van der Waals surface area contributed by atoms with E-state index in [1.54, 1.807) is 6.20 Å². The zero-order valence-electron chi connectivity index (χ0n) is 19.2. The molecule has 0 saturated heterocycles. The molecule has 4 aromatic rings. The van der Waals surface area contributed by atoms with Crippen molar-refractivity contribution in [1.82, 2.24) is 19.5 Å². The second kappa shape index (κ2) is 10.2. The van der Waals surface area contributed by atoms with Crippen molar-refractivity contribution in [3.8, 4) is 28.6 Å². The van der Waals surface area contributed by atoms with Crippen molar-refractivity contribution < 1.29 is 19.2 Å². The Kier molecular flexibility index (Phi) is 6.71. The number of benzene rings is 1. The van der Waals surface area contributed by atoms with Gasteiger partial charge in [-0.1, -0.05) is 35.5 Å². The quantitative estimate of drug-likeness (QED) is 0.342. The maximum Gasteiger partial charge on any atom is 0.306 e. The lowest BCUT2D eigenvalue weighted by Crippen LogP contribution is -2.29. The normalized spacial score (nSPS) is 17.7. The second-order valence-electron chi connectivity index (χ2n) is 8.54. The van der Waals surface area contributed by atoms with Crippen LogP contribution in [0.5, 0.6) is 5.75 Å². The number of ether oxygens (including phenoxy) is 1. The molecular formula is C25H25N5O4S. The highest BCUT2D eigenvalue weighted by Crippen LogP contribution is 2.30. The van der Waals surface area contributed by atoms with Gasteiger partial charge in [0, 0.05) is 29.2 Å². The van der Waals surface area contributed by atoms with Gasteiger partial charge in [-0.3, -0.25) is 4.79 Å². The van der Waals surface area contributed by atoms with Crippen molar-refractivity contribution in [3.63, 3.8) is 0 Å². The van der Waals surface area contributed by atoms with Crippen LogP contribution in [0.15, 0.2) is 53.2 Å². The Morgan fingerprint density at radius 3 is 2.86 bits per heavy atom. The number of aryl methyl sites for hydroxylation is 1. The molecule has 5 rings (SSSR count). The molecule has 10 heteroatoms. The van der Waals surface area contributed by atoms with Crippen LogP contribution in [0.2, 0.25) is 0 Å². The molecule has 9 nitrogen and oxygen atoms in total. The van der Waals surface area contributed by atoms with Gasteiger partial charge < -0.3 is 19.7 Å². The lowest BCUT2D eigenvalue weighted by Gasteiger charge is -2.27. The van der Waals surface area contributed by atoms with E-state index in [0.29, 0.717) is 47.5 Å². The first-order valence-electron chi connectivity index (χ1n) is 11.5. The van der Waals surface area contributed by atoms with Crippen molar-refractivity contribution in [2.45, 2.75) is 45.3 Å². The Labute approximate surface area is 206 Å². The topological polar surface area (TPSA) is 123 Å². The van der Waals surface area contributed by atoms with E-state index in [4.69, 9.17) is 9.26 Å². The first-order chi connectivity index (χ1) is 17.1. The first kappa shape index (κ1) is 23.0. The highest BCUT2D eigenvalue weighted by Gasteiger charge is 2.28. The maximum absolute atomic E-state index is 11.3. The lowest BCUT2D eigenvalue weighted by molar-refractivity contribution is -0.143. The van der Waals surface area contributed by atoms with Crippen LogP contribution < -0.4 is 10.1 Å². The van der Waals surface area contributed by atoms with Gasteiger partial charge in [0.1, 0.15) is 11.4 Å². The third kappa shape index (κ3) is 5.32. The van der Waals surface area contributed by atoms with E-state index < -0.39 is 5.97 Å². The average molecular weight is 492 g/mol. The Morgan fingerprint density at radius 2 is 2.09 bits per heavy atom. The number of anilines is 1. The van der Waals surface area contributed by atoms with Gasteiger partial charge in [0.05, 0.1) is 23.9 Å². The van der Waals surface area contributed by atoms with Crippen molar-refractivity contribution in [1.29, 1.82) is 0 Å². The highest BCUT2D eigenvalue weighted by molar-refractivity contribution is 7.09. The van der Waals surface area contributed by atoms with Gasteiger partial charge in [0.25, 0.3) is 0 Å². The Balaban J connectivity index is 1.24. The molecule has 1 saturated carbocycles. The molecule has 0 unspecified atom stereocenters. The molecule has 1 fully saturated rings. The molecule has 1 aliphatic rings. The highest BCUT2D eigenvalue weighted by atomic mass is 32.1. The van der Waals surface area contributed by atoms with Crippen LogP contribution in [0, 0.1) is 12.8 Å². The summed E-state index contributed by atoms with van der Waals surface area (Å²) in [7, 11) is 0. The fourth-order valence-electron chi connectivity index (χ4n) is 4.21. The van der Waals surface area contributed by atoms with Crippen LogP contribution >= 0.6 is 11.5 Å². The van der Waals surface area contributed by atoms with Gasteiger partial charge in [-0.05, 0) is 44.7 Å². The third-order valence-corrected chi connectivity index (χ3v) is 6.78. The lowest BCUT2D eigenvalue weighted by atomic mass is 9.87. The predicted octanol–water partition coefficient (Wildman–Crippen LogP) is 5.20. The molecule has 2 atom stereocenters. The minimum Gasteiger partial charge on any atom is -0.489 e. The molecule has 2 N–H and O–H groups in total. The van der Waals surface area contributed by atoms with Gasteiger partial charge in [-0.2, -0.15) is 9.36 Å². The van der Waals surface area contributed by atoms with Crippen molar-refractivity contribution >= 4 is 22.6 Å². The number of carboxylic acid groups (broad SMARTS) is 1. The monoisotopic (exact) mass is 491 g/mol. The summed E-state index contributed by atoms with van der Waals surface area (Å²) in [6.07, 6.45) is 4.45. The van der Waals surface area contributed by atoms with Crippen LogP contribution in [-0.2, 0) is 11.3 Å². The van der Waals surface area contributed by atoms with E-state index in [9.17, 15) is 9.90 Å². The minimum atomic E-state index is -0.751. The fourth-order valence-corrected chi connectivity index (χ4v) is 4.80. The Bertz CT molecular complexity index is 1290. The van der Waals surface area contributed by atoms with E-state index in [1.165, 1.54) is 11.5 Å². The fraction of sp³-hybridized carbons (Fsp3) is 0.320. The number of pyridine rings is 1. The molecule has 0 spiro atoms. The van der Waals surface area contributed by atoms with Gasteiger partial charge in [-0.25, -0.2) is 4.98 Å². The molecule has 180 valence electrons. The molecule has 1 aliphatic carbocycles. The van der Waals surface area contributed by atoms with Crippen LogP contribution in [0.25, 0.3) is 22.8 Å². The van der Waals surface area contributed by atoms with Crippen LogP contribution in [0.4, 0.5) is 5.13 Å². The standard InChI is InChI=1S/C25H25N5O4S/c1-15-20(14-27-25-28-23(30-35-25)16-6-3-2-4-7-16)22(34-29-15)21-11-10-19(13-26-21)33-18-9-5-8-17(12-18)24(31)32/h2-4,6-7,10-11,13,17-18H,5,8-9,12,14H2,1H3,(H,31,32)(H,27,28,30)/t17-,18-/m0/s1. The minimum absolute atomic E-state index is 0.113. The number of hydrogen-bond acceptors (Lipinski definition) is 9. The van der Waals surface area contributed by atoms with E-state index >= 15 is 0 Å². The first-order valence-corrected chi connectivity index (χ1v) is 12.3. The second-order valence-corrected chi connectivity index (χ2v) is 9.29. The number of rotatable bonds is 8. The maximum atomic E-state index is 11.3.